The number of hydrogen-bond donors (Lipinski definition) is 1. The lowest BCUT2D eigenvalue weighted by Crippen LogP contribution is -2.29. The van der Waals surface area contributed by atoms with Gasteiger partial charge in [-0.25, -0.2) is 0 Å². The molecule has 0 bridgehead atoms. The average Bonchev–Trinajstić information content (AvgIpc) is 2.25. The van der Waals surface area contributed by atoms with Gasteiger partial charge in [-0.2, -0.15) is 0 Å². The molecule has 1 heterocycles. The molecule has 0 saturated heterocycles. The summed E-state index contributed by atoms with van der Waals surface area (Å²) < 4.78 is 0. The fraction of sp³-hybridized carbons (Fsp3) is 0.500. The van der Waals surface area contributed by atoms with E-state index in [2.05, 4.69) is 4.98 Å². The number of rotatable bonds is 4. The fourth-order valence-corrected chi connectivity index (χ4v) is 1.66. The van der Waals surface area contributed by atoms with Crippen LogP contribution in [0.1, 0.15) is 29.4 Å². The third-order valence-corrected chi connectivity index (χ3v) is 2.76. The van der Waals surface area contributed by atoms with E-state index >= 15 is 0 Å². The van der Waals surface area contributed by atoms with Crippen LogP contribution in [-0.2, 0) is 0 Å². The van der Waals surface area contributed by atoms with Crippen LogP contribution in [0.2, 0.25) is 5.02 Å². The SMILES string of the molecule is Cc1cc(Cl)c(C(=O)N(C)CCC(C)O)cn1. The van der Waals surface area contributed by atoms with Crippen LogP contribution in [-0.4, -0.2) is 40.6 Å². The molecule has 1 aromatic heterocycles. The first kappa shape index (κ1) is 13.9. The summed E-state index contributed by atoms with van der Waals surface area (Å²) in [6.45, 7) is 4.00. The van der Waals surface area contributed by atoms with E-state index in [1.54, 1.807) is 20.0 Å². The van der Waals surface area contributed by atoms with Crippen LogP contribution >= 0.6 is 11.6 Å². The summed E-state index contributed by atoms with van der Waals surface area (Å²) >= 11 is 5.99. The van der Waals surface area contributed by atoms with Gasteiger partial charge in [0.25, 0.3) is 5.91 Å². The molecule has 1 rings (SSSR count). The number of hydrogen-bond acceptors (Lipinski definition) is 3. The minimum Gasteiger partial charge on any atom is -0.393 e. The monoisotopic (exact) mass is 256 g/mol. The van der Waals surface area contributed by atoms with E-state index in [0.717, 1.165) is 5.69 Å². The van der Waals surface area contributed by atoms with Crippen molar-refractivity contribution in [3.8, 4) is 0 Å². The van der Waals surface area contributed by atoms with Crippen LogP contribution in [0, 0.1) is 6.92 Å². The first-order valence-corrected chi connectivity index (χ1v) is 5.85. The number of amides is 1. The van der Waals surface area contributed by atoms with Gasteiger partial charge < -0.3 is 10.0 Å². The summed E-state index contributed by atoms with van der Waals surface area (Å²) in [4.78, 5) is 17.6. The van der Waals surface area contributed by atoms with Crippen molar-refractivity contribution < 1.29 is 9.90 Å². The maximum Gasteiger partial charge on any atom is 0.256 e. The van der Waals surface area contributed by atoms with Gasteiger partial charge in [0, 0.05) is 25.5 Å². The molecule has 1 aromatic rings. The molecule has 0 aliphatic carbocycles. The van der Waals surface area contributed by atoms with Gasteiger partial charge in [-0.1, -0.05) is 11.6 Å². The van der Waals surface area contributed by atoms with Crippen LogP contribution in [0.5, 0.6) is 0 Å². The number of carbonyl (C=O) groups excluding carboxylic acids is 1. The fourth-order valence-electron chi connectivity index (χ4n) is 1.37. The summed E-state index contributed by atoms with van der Waals surface area (Å²) in [7, 11) is 1.68. The van der Waals surface area contributed by atoms with Gasteiger partial charge in [0.15, 0.2) is 0 Å². The van der Waals surface area contributed by atoms with Crippen molar-refractivity contribution in [1.29, 1.82) is 0 Å². The van der Waals surface area contributed by atoms with Gasteiger partial charge >= 0.3 is 0 Å². The van der Waals surface area contributed by atoms with Gasteiger partial charge in [0.1, 0.15) is 0 Å². The van der Waals surface area contributed by atoms with Crippen LogP contribution < -0.4 is 0 Å². The highest BCUT2D eigenvalue weighted by atomic mass is 35.5. The van der Waals surface area contributed by atoms with E-state index in [9.17, 15) is 4.79 Å². The number of pyridine rings is 1. The quantitative estimate of drug-likeness (QED) is 0.895. The predicted octanol–water partition coefficient (Wildman–Crippen LogP) is 1.89. The highest BCUT2D eigenvalue weighted by molar-refractivity contribution is 6.33. The maximum atomic E-state index is 12.0. The molecule has 1 N–H and O–H groups in total. The van der Waals surface area contributed by atoms with Gasteiger partial charge in [-0.05, 0) is 26.3 Å². The first-order valence-electron chi connectivity index (χ1n) is 5.47. The highest BCUT2D eigenvalue weighted by Crippen LogP contribution is 2.17. The number of aliphatic hydroxyl groups excluding tert-OH is 1. The first-order chi connectivity index (χ1) is 7.91. The van der Waals surface area contributed by atoms with E-state index in [4.69, 9.17) is 16.7 Å². The predicted molar refractivity (Wildman–Crippen MR) is 67.2 cm³/mol. The Bertz CT molecular complexity index is 407. The molecular formula is C12H17ClN2O2. The second-order valence-corrected chi connectivity index (χ2v) is 4.58. The topological polar surface area (TPSA) is 53.4 Å². The van der Waals surface area contributed by atoms with E-state index in [0.29, 0.717) is 23.6 Å². The third-order valence-electron chi connectivity index (χ3n) is 2.45. The van der Waals surface area contributed by atoms with Crippen LogP contribution in [0.25, 0.3) is 0 Å². The molecule has 4 nitrogen and oxygen atoms in total. The van der Waals surface area contributed by atoms with Crippen molar-refractivity contribution in [2.75, 3.05) is 13.6 Å². The molecule has 0 radical (unpaired) electrons. The molecule has 0 saturated carbocycles. The Morgan fingerprint density at radius 1 is 1.65 bits per heavy atom. The van der Waals surface area contributed by atoms with Crippen molar-refractivity contribution in [3.63, 3.8) is 0 Å². The maximum absolute atomic E-state index is 12.0. The minimum absolute atomic E-state index is 0.178. The Balaban J connectivity index is 2.75. The molecule has 0 aliphatic rings. The summed E-state index contributed by atoms with van der Waals surface area (Å²) in [6.07, 6.45) is 1.61. The zero-order valence-electron chi connectivity index (χ0n) is 10.3. The van der Waals surface area contributed by atoms with E-state index in [-0.39, 0.29) is 5.91 Å². The van der Waals surface area contributed by atoms with E-state index in [1.807, 2.05) is 6.92 Å². The van der Waals surface area contributed by atoms with Crippen LogP contribution in [0.4, 0.5) is 0 Å². The average molecular weight is 257 g/mol. The van der Waals surface area contributed by atoms with Crippen LogP contribution in [0.15, 0.2) is 12.3 Å². The Hall–Kier alpha value is -1.13. The van der Waals surface area contributed by atoms with Crippen molar-refractivity contribution >= 4 is 17.5 Å². The summed E-state index contributed by atoms with van der Waals surface area (Å²) in [6, 6.07) is 1.66. The summed E-state index contributed by atoms with van der Waals surface area (Å²) in [5.74, 6) is -0.178. The molecular weight excluding hydrogens is 240 g/mol. The van der Waals surface area contributed by atoms with E-state index in [1.165, 1.54) is 11.1 Å². The molecule has 94 valence electrons. The molecule has 1 amide bonds. The lowest BCUT2D eigenvalue weighted by atomic mass is 10.2. The van der Waals surface area contributed by atoms with Crippen molar-refractivity contribution in [3.05, 3.63) is 28.5 Å². The lowest BCUT2D eigenvalue weighted by Gasteiger charge is -2.18. The third kappa shape index (κ3) is 3.98. The molecule has 0 fully saturated rings. The van der Waals surface area contributed by atoms with Gasteiger partial charge in [-0.15, -0.1) is 0 Å². The molecule has 5 heteroatoms. The van der Waals surface area contributed by atoms with Gasteiger partial charge in [0.05, 0.1) is 16.7 Å². The van der Waals surface area contributed by atoms with Gasteiger partial charge in [0.2, 0.25) is 0 Å². The molecule has 1 atom stereocenters. The van der Waals surface area contributed by atoms with Crippen molar-refractivity contribution in [1.82, 2.24) is 9.88 Å². The molecule has 0 spiro atoms. The molecule has 17 heavy (non-hydrogen) atoms. The Morgan fingerprint density at radius 2 is 2.29 bits per heavy atom. The second kappa shape index (κ2) is 5.98. The zero-order chi connectivity index (χ0) is 13.0. The number of aliphatic hydroxyl groups is 1. The number of aromatic nitrogens is 1. The normalized spacial score (nSPS) is 12.3. The Morgan fingerprint density at radius 3 is 2.82 bits per heavy atom. The minimum atomic E-state index is -0.420. The Kier molecular flexibility index (Phi) is 4.90. The number of halogens is 1. The second-order valence-electron chi connectivity index (χ2n) is 4.17. The van der Waals surface area contributed by atoms with Crippen molar-refractivity contribution in [2.45, 2.75) is 26.4 Å². The Labute approximate surface area is 106 Å². The molecule has 0 aromatic carbocycles. The van der Waals surface area contributed by atoms with Crippen molar-refractivity contribution in [2.24, 2.45) is 0 Å². The van der Waals surface area contributed by atoms with Crippen LogP contribution in [0.3, 0.4) is 0 Å². The van der Waals surface area contributed by atoms with E-state index < -0.39 is 6.10 Å². The molecule has 0 aliphatic heterocycles. The largest absolute Gasteiger partial charge is 0.393 e. The van der Waals surface area contributed by atoms with Gasteiger partial charge in [-0.3, -0.25) is 9.78 Å². The molecule has 1 unspecified atom stereocenters. The number of aryl methyl sites for hydroxylation is 1. The zero-order valence-corrected chi connectivity index (χ0v) is 11.0. The summed E-state index contributed by atoms with van der Waals surface area (Å²) in [5, 5.41) is 9.58. The standard InChI is InChI=1S/C12H17ClN2O2/c1-8-6-11(13)10(7-14-8)12(17)15(3)5-4-9(2)16/h6-7,9,16H,4-5H2,1-3H3. The smallest absolute Gasteiger partial charge is 0.256 e. The summed E-state index contributed by atoms with van der Waals surface area (Å²) in [5.41, 5.74) is 1.17. The lowest BCUT2D eigenvalue weighted by molar-refractivity contribution is 0.0768. The number of carbonyl (C=O) groups is 1. The highest BCUT2D eigenvalue weighted by Gasteiger charge is 2.15. The number of nitrogens with zero attached hydrogens (tertiary/aromatic N) is 2.